The summed E-state index contributed by atoms with van der Waals surface area (Å²) in [6.07, 6.45) is 0. The number of methoxy groups -OCH3 is 1. The first-order chi connectivity index (χ1) is 11.7. The van der Waals surface area contributed by atoms with Crippen LogP contribution in [-0.2, 0) is 4.74 Å². The van der Waals surface area contributed by atoms with Gasteiger partial charge in [0.2, 0.25) is 0 Å². The third-order valence-electron chi connectivity index (χ3n) is 4.46. The van der Waals surface area contributed by atoms with Crippen LogP contribution in [0.15, 0.2) is 48.5 Å². The summed E-state index contributed by atoms with van der Waals surface area (Å²) in [5, 5.41) is 3.38. The number of ether oxygens (including phenoxy) is 1. The van der Waals surface area contributed by atoms with Gasteiger partial charge in [0.25, 0.3) is 0 Å². The van der Waals surface area contributed by atoms with Crippen molar-refractivity contribution in [3.8, 4) is 0 Å². The van der Waals surface area contributed by atoms with Crippen LogP contribution in [0.4, 0.5) is 8.78 Å². The first-order valence-corrected chi connectivity index (χ1v) is 8.15. The second-order valence-corrected chi connectivity index (χ2v) is 6.06. The minimum absolute atomic E-state index is 0. The highest BCUT2D eigenvalue weighted by molar-refractivity contribution is 5.85. The van der Waals surface area contributed by atoms with Crippen molar-refractivity contribution in [3.63, 3.8) is 0 Å². The van der Waals surface area contributed by atoms with Crippen LogP contribution in [0.3, 0.4) is 0 Å². The molecular weight excluding hydrogens is 346 g/mol. The van der Waals surface area contributed by atoms with E-state index in [2.05, 4.69) is 10.2 Å². The van der Waals surface area contributed by atoms with Crippen molar-refractivity contribution < 1.29 is 13.5 Å². The van der Waals surface area contributed by atoms with Gasteiger partial charge < -0.3 is 10.1 Å². The molecule has 1 heterocycles. The Morgan fingerprint density at radius 1 is 1.04 bits per heavy atom. The molecule has 1 aliphatic heterocycles. The molecule has 1 aliphatic rings. The molecule has 0 saturated carbocycles. The second-order valence-electron chi connectivity index (χ2n) is 6.06. The normalized spacial score (nSPS) is 18.2. The molecule has 0 bridgehead atoms. The first-order valence-electron chi connectivity index (χ1n) is 8.15. The van der Waals surface area contributed by atoms with Crippen molar-refractivity contribution in [2.45, 2.75) is 12.1 Å². The lowest BCUT2D eigenvalue weighted by Gasteiger charge is -2.41. The minimum Gasteiger partial charge on any atom is -0.383 e. The number of benzene rings is 2. The van der Waals surface area contributed by atoms with E-state index >= 15 is 0 Å². The van der Waals surface area contributed by atoms with Gasteiger partial charge in [0, 0.05) is 32.8 Å². The van der Waals surface area contributed by atoms with Crippen molar-refractivity contribution in [2.24, 2.45) is 0 Å². The molecule has 1 N–H and O–H groups in total. The largest absolute Gasteiger partial charge is 0.383 e. The van der Waals surface area contributed by atoms with Gasteiger partial charge in [-0.05, 0) is 35.4 Å². The lowest BCUT2D eigenvalue weighted by atomic mass is 9.94. The average Bonchev–Trinajstić information content (AvgIpc) is 2.60. The van der Waals surface area contributed by atoms with Crippen LogP contribution >= 0.6 is 12.4 Å². The van der Waals surface area contributed by atoms with Gasteiger partial charge in [-0.25, -0.2) is 8.78 Å². The molecule has 0 spiro atoms. The number of hydrogen-bond acceptors (Lipinski definition) is 3. The molecule has 1 fully saturated rings. The maximum Gasteiger partial charge on any atom is 0.123 e. The number of nitrogens with one attached hydrogen (secondary N) is 1. The summed E-state index contributed by atoms with van der Waals surface area (Å²) in [4.78, 5) is 2.35. The van der Waals surface area contributed by atoms with Gasteiger partial charge in [0.1, 0.15) is 11.6 Å². The molecule has 0 aliphatic carbocycles. The zero-order valence-electron chi connectivity index (χ0n) is 14.1. The Kier molecular flexibility index (Phi) is 7.32. The minimum atomic E-state index is -0.259. The summed E-state index contributed by atoms with van der Waals surface area (Å²) in [6.45, 7) is 3.14. The van der Waals surface area contributed by atoms with Crippen LogP contribution in [-0.4, -0.2) is 44.3 Å². The Hall–Kier alpha value is -1.53. The molecule has 1 atom stereocenters. The van der Waals surface area contributed by atoms with E-state index in [1.807, 2.05) is 0 Å². The van der Waals surface area contributed by atoms with Crippen molar-refractivity contribution >= 4 is 12.4 Å². The van der Waals surface area contributed by atoms with E-state index in [0.717, 1.165) is 30.8 Å². The summed E-state index contributed by atoms with van der Waals surface area (Å²) < 4.78 is 32.1. The van der Waals surface area contributed by atoms with Crippen molar-refractivity contribution in [3.05, 3.63) is 71.3 Å². The fourth-order valence-electron chi connectivity index (χ4n) is 3.33. The van der Waals surface area contributed by atoms with Gasteiger partial charge in [-0.1, -0.05) is 24.3 Å². The zero-order valence-corrected chi connectivity index (χ0v) is 14.9. The molecule has 0 radical (unpaired) electrons. The maximum absolute atomic E-state index is 13.4. The average molecular weight is 369 g/mol. The van der Waals surface area contributed by atoms with E-state index in [0.29, 0.717) is 6.61 Å². The van der Waals surface area contributed by atoms with Crippen LogP contribution in [0.2, 0.25) is 0 Å². The summed E-state index contributed by atoms with van der Waals surface area (Å²) in [7, 11) is 1.69. The van der Waals surface area contributed by atoms with E-state index in [4.69, 9.17) is 4.74 Å². The van der Waals surface area contributed by atoms with Crippen LogP contribution in [0.25, 0.3) is 0 Å². The summed E-state index contributed by atoms with van der Waals surface area (Å²) in [5.74, 6) is -0.518. The molecule has 25 heavy (non-hydrogen) atoms. The quantitative estimate of drug-likeness (QED) is 0.875. The SMILES string of the molecule is COCC1CNCCN1C(c1ccc(F)cc1)c1ccc(F)cc1.Cl. The number of halogens is 3. The molecule has 0 amide bonds. The number of rotatable bonds is 5. The molecule has 6 heteroatoms. The predicted molar refractivity (Wildman–Crippen MR) is 97.1 cm³/mol. The van der Waals surface area contributed by atoms with Gasteiger partial charge in [0.05, 0.1) is 12.6 Å². The molecular formula is C19H23ClF2N2O. The van der Waals surface area contributed by atoms with E-state index in [-0.39, 0.29) is 36.1 Å². The van der Waals surface area contributed by atoms with Crippen LogP contribution in [0.1, 0.15) is 17.2 Å². The third kappa shape index (κ3) is 4.76. The molecule has 0 aromatic heterocycles. The van der Waals surface area contributed by atoms with E-state index in [1.54, 1.807) is 31.4 Å². The topological polar surface area (TPSA) is 24.5 Å². The molecule has 136 valence electrons. The smallest absolute Gasteiger partial charge is 0.123 e. The van der Waals surface area contributed by atoms with Crippen LogP contribution < -0.4 is 5.32 Å². The molecule has 1 unspecified atom stereocenters. The third-order valence-corrected chi connectivity index (χ3v) is 4.46. The van der Waals surface area contributed by atoms with Crippen molar-refractivity contribution in [1.82, 2.24) is 10.2 Å². The standard InChI is InChI=1S/C19H22F2N2O.ClH/c1-24-13-18-12-22-10-11-23(18)19(14-2-6-16(20)7-3-14)15-4-8-17(21)9-5-15;/h2-9,18-19,22H,10-13H2,1H3;1H. The second kappa shape index (κ2) is 9.25. The number of hydrogen-bond donors (Lipinski definition) is 1. The van der Waals surface area contributed by atoms with E-state index < -0.39 is 0 Å². The maximum atomic E-state index is 13.4. The Labute approximate surface area is 153 Å². The van der Waals surface area contributed by atoms with Gasteiger partial charge in [0.15, 0.2) is 0 Å². The van der Waals surface area contributed by atoms with Gasteiger partial charge in [-0.3, -0.25) is 4.90 Å². The Balaban J connectivity index is 0.00000225. The molecule has 2 aromatic carbocycles. The van der Waals surface area contributed by atoms with Crippen LogP contribution in [0.5, 0.6) is 0 Å². The van der Waals surface area contributed by atoms with Crippen molar-refractivity contribution in [2.75, 3.05) is 33.4 Å². The van der Waals surface area contributed by atoms with Gasteiger partial charge >= 0.3 is 0 Å². The highest BCUT2D eigenvalue weighted by Gasteiger charge is 2.30. The number of piperazine rings is 1. The summed E-state index contributed by atoms with van der Waals surface area (Å²) >= 11 is 0. The zero-order chi connectivity index (χ0) is 16.9. The summed E-state index contributed by atoms with van der Waals surface area (Å²) in [6, 6.07) is 13.2. The van der Waals surface area contributed by atoms with E-state index in [1.165, 1.54) is 24.3 Å². The first kappa shape index (κ1) is 19.8. The lowest BCUT2D eigenvalue weighted by molar-refractivity contribution is 0.0543. The number of nitrogens with zero attached hydrogens (tertiary/aromatic N) is 1. The van der Waals surface area contributed by atoms with Crippen molar-refractivity contribution in [1.29, 1.82) is 0 Å². The fraction of sp³-hybridized carbons (Fsp3) is 0.368. The Morgan fingerprint density at radius 3 is 2.04 bits per heavy atom. The monoisotopic (exact) mass is 368 g/mol. The highest BCUT2D eigenvalue weighted by atomic mass is 35.5. The highest BCUT2D eigenvalue weighted by Crippen LogP contribution is 2.31. The Morgan fingerprint density at radius 2 is 1.56 bits per heavy atom. The molecule has 3 rings (SSSR count). The predicted octanol–water partition coefficient (Wildman–Crippen LogP) is 3.40. The Bertz CT molecular complexity index is 604. The molecule has 1 saturated heterocycles. The van der Waals surface area contributed by atoms with Gasteiger partial charge in [-0.15, -0.1) is 12.4 Å². The molecule has 3 nitrogen and oxygen atoms in total. The van der Waals surface area contributed by atoms with E-state index in [9.17, 15) is 8.78 Å². The fourth-order valence-corrected chi connectivity index (χ4v) is 3.33. The van der Waals surface area contributed by atoms with Gasteiger partial charge in [-0.2, -0.15) is 0 Å². The lowest BCUT2D eigenvalue weighted by Crippen LogP contribution is -2.54. The molecule has 2 aromatic rings. The summed E-state index contributed by atoms with van der Waals surface area (Å²) in [5.41, 5.74) is 1.98. The van der Waals surface area contributed by atoms with Crippen LogP contribution in [0, 0.1) is 11.6 Å².